The number of hydrogen-bond donors (Lipinski definition) is 1. The summed E-state index contributed by atoms with van der Waals surface area (Å²) in [5.74, 6) is 0.493. The number of benzene rings is 1. The van der Waals surface area contributed by atoms with Crippen LogP contribution in [0, 0.1) is 0 Å². The number of para-hydroxylation sites is 1. The highest BCUT2D eigenvalue weighted by Gasteiger charge is 2.13. The maximum Gasteiger partial charge on any atom is 0.263 e. The molecule has 0 fully saturated rings. The Bertz CT molecular complexity index is 612. The number of fused-ring (bicyclic) bond motifs is 1. The molecule has 0 aliphatic carbocycles. The predicted molar refractivity (Wildman–Crippen MR) is 53.9 cm³/mol. The Balaban J connectivity index is 2.27. The van der Waals surface area contributed by atoms with Gasteiger partial charge in [0.1, 0.15) is 11.8 Å². The molecule has 0 atom stereocenters. The molecule has 0 amide bonds. The molecule has 0 aliphatic rings. The van der Waals surface area contributed by atoms with Crippen LogP contribution in [0.15, 0.2) is 39.5 Å². The van der Waals surface area contributed by atoms with Crippen molar-refractivity contribution >= 4 is 16.9 Å². The normalized spacial score (nSPS) is 10.9. The first kappa shape index (κ1) is 8.05. The molecule has 0 bridgehead atoms. The van der Waals surface area contributed by atoms with Crippen molar-refractivity contribution in [1.82, 2.24) is 10.1 Å². The van der Waals surface area contributed by atoms with E-state index in [0.29, 0.717) is 5.89 Å². The van der Waals surface area contributed by atoms with E-state index in [4.69, 9.17) is 14.7 Å². The lowest BCUT2D eigenvalue weighted by Gasteiger charge is -1.88. The van der Waals surface area contributed by atoms with E-state index in [1.807, 2.05) is 24.3 Å². The zero-order valence-corrected chi connectivity index (χ0v) is 7.68. The second-order valence-electron chi connectivity index (χ2n) is 3.10. The molecule has 2 aromatic heterocycles. The summed E-state index contributed by atoms with van der Waals surface area (Å²) in [5, 5.41) is 4.46. The van der Waals surface area contributed by atoms with Crippen LogP contribution in [0.5, 0.6) is 0 Å². The summed E-state index contributed by atoms with van der Waals surface area (Å²) in [5.41, 5.74) is 6.92. The van der Waals surface area contributed by atoms with Gasteiger partial charge in [-0.3, -0.25) is 0 Å². The number of anilines is 1. The van der Waals surface area contributed by atoms with Gasteiger partial charge in [0.25, 0.3) is 11.8 Å². The number of furan rings is 1. The number of nitrogens with zero attached hydrogens (tertiary/aromatic N) is 2. The van der Waals surface area contributed by atoms with Gasteiger partial charge in [0, 0.05) is 5.39 Å². The van der Waals surface area contributed by atoms with Gasteiger partial charge in [-0.2, -0.15) is 4.98 Å². The zero-order valence-electron chi connectivity index (χ0n) is 7.68. The third kappa shape index (κ3) is 1.17. The summed E-state index contributed by atoms with van der Waals surface area (Å²) in [6, 6.07) is 7.62. The van der Waals surface area contributed by atoms with Crippen LogP contribution in [0.25, 0.3) is 22.4 Å². The van der Waals surface area contributed by atoms with E-state index in [1.54, 1.807) is 6.26 Å². The number of hydrogen-bond acceptors (Lipinski definition) is 5. The Hall–Kier alpha value is -2.30. The van der Waals surface area contributed by atoms with Gasteiger partial charge in [0.15, 0.2) is 0 Å². The summed E-state index contributed by atoms with van der Waals surface area (Å²) in [7, 11) is 0. The molecule has 0 saturated carbocycles. The van der Waals surface area contributed by atoms with Crippen LogP contribution in [-0.2, 0) is 0 Å². The van der Waals surface area contributed by atoms with Crippen molar-refractivity contribution in [2.45, 2.75) is 0 Å². The van der Waals surface area contributed by atoms with Crippen molar-refractivity contribution in [1.29, 1.82) is 0 Å². The summed E-state index contributed by atoms with van der Waals surface area (Å²) < 4.78 is 10.3. The molecule has 2 N–H and O–H groups in total. The lowest BCUT2D eigenvalue weighted by atomic mass is 10.2. The molecule has 0 aliphatic heterocycles. The molecule has 0 spiro atoms. The smallest absolute Gasteiger partial charge is 0.263 e. The van der Waals surface area contributed by atoms with E-state index in [2.05, 4.69) is 10.1 Å². The van der Waals surface area contributed by atoms with Crippen LogP contribution in [0.2, 0.25) is 0 Å². The molecule has 0 saturated heterocycles. The number of nitrogens with two attached hydrogens (primary N) is 1. The first-order chi connectivity index (χ1) is 7.34. The SMILES string of the molecule is Nc1noc(-c2coc3ccccc23)n1. The molecule has 5 nitrogen and oxygen atoms in total. The van der Waals surface area contributed by atoms with Gasteiger partial charge in [0.2, 0.25) is 0 Å². The van der Waals surface area contributed by atoms with Crippen molar-refractivity contribution in [3.05, 3.63) is 30.5 Å². The molecule has 3 aromatic rings. The van der Waals surface area contributed by atoms with Crippen molar-refractivity contribution in [2.75, 3.05) is 5.73 Å². The minimum atomic E-state index is 0.121. The standard InChI is InChI=1S/C10H7N3O2/c11-10-12-9(15-13-10)7-5-14-8-4-2-1-3-6(7)8/h1-5H,(H2,11,13). The minimum absolute atomic E-state index is 0.121. The van der Waals surface area contributed by atoms with E-state index in [1.165, 1.54) is 0 Å². The molecule has 15 heavy (non-hydrogen) atoms. The highest BCUT2D eigenvalue weighted by Crippen LogP contribution is 2.29. The summed E-state index contributed by atoms with van der Waals surface area (Å²) in [4.78, 5) is 3.94. The second-order valence-corrected chi connectivity index (χ2v) is 3.10. The zero-order chi connectivity index (χ0) is 10.3. The summed E-state index contributed by atoms with van der Waals surface area (Å²) in [6.07, 6.45) is 1.58. The quantitative estimate of drug-likeness (QED) is 0.651. The fraction of sp³-hybridized carbons (Fsp3) is 0. The average molecular weight is 201 g/mol. The Morgan fingerprint density at radius 3 is 2.87 bits per heavy atom. The third-order valence-corrected chi connectivity index (χ3v) is 2.15. The van der Waals surface area contributed by atoms with Crippen LogP contribution >= 0.6 is 0 Å². The predicted octanol–water partition coefficient (Wildman–Crippen LogP) is 2.06. The van der Waals surface area contributed by atoms with Crippen LogP contribution in [0.1, 0.15) is 0 Å². The van der Waals surface area contributed by atoms with Crippen LogP contribution < -0.4 is 5.73 Å². The largest absolute Gasteiger partial charge is 0.463 e. The molecular formula is C10H7N3O2. The number of aromatic nitrogens is 2. The Kier molecular flexibility index (Phi) is 1.53. The van der Waals surface area contributed by atoms with Gasteiger partial charge in [-0.05, 0) is 11.2 Å². The van der Waals surface area contributed by atoms with Gasteiger partial charge >= 0.3 is 0 Å². The molecule has 5 heteroatoms. The Labute approximate surface area is 84.5 Å². The van der Waals surface area contributed by atoms with Gasteiger partial charge in [0.05, 0.1) is 5.56 Å². The highest BCUT2D eigenvalue weighted by atomic mass is 16.5. The fourth-order valence-electron chi connectivity index (χ4n) is 1.49. The molecular weight excluding hydrogens is 194 g/mol. The van der Waals surface area contributed by atoms with Crippen LogP contribution in [0.3, 0.4) is 0 Å². The van der Waals surface area contributed by atoms with E-state index in [0.717, 1.165) is 16.5 Å². The van der Waals surface area contributed by atoms with Crippen molar-refractivity contribution in [2.24, 2.45) is 0 Å². The highest BCUT2D eigenvalue weighted by molar-refractivity contribution is 5.91. The van der Waals surface area contributed by atoms with E-state index >= 15 is 0 Å². The fourth-order valence-corrected chi connectivity index (χ4v) is 1.49. The first-order valence-electron chi connectivity index (χ1n) is 4.40. The second kappa shape index (κ2) is 2.84. The molecule has 0 radical (unpaired) electrons. The average Bonchev–Trinajstić information content (AvgIpc) is 2.83. The maximum absolute atomic E-state index is 5.38. The van der Waals surface area contributed by atoms with Gasteiger partial charge in [-0.1, -0.05) is 18.2 Å². The van der Waals surface area contributed by atoms with E-state index < -0.39 is 0 Å². The number of nitrogen functional groups attached to an aromatic ring is 1. The molecule has 3 rings (SSSR count). The van der Waals surface area contributed by atoms with E-state index in [9.17, 15) is 0 Å². The van der Waals surface area contributed by atoms with Crippen LogP contribution in [0.4, 0.5) is 5.95 Å². The maximum atomic E-state index is 5.38. The first-order valence-corrected chi connectivity index (χ1v) is 4.40. The van der Waals surface area contributed by atoms with Gasteiger partial charge < -0.3 is 14.7 Å². The Morgan fingerprint density at radius 1 is 1.20 bits per heavy atom. The van der Waals surface area contributed by atoms with Crippen molar-refractivity contribution in [3.63, 3.8) is 0 Å². The summed E-state index contributed by atoms with van der Waals surface area (Å²) in [6.45, 7) is 0. The van der Waals surface area contributed by atoms with Crippen LogP contribution in [-0.4, -0.2) is 10.1 Å². The van der Waals surface area contributed by atoms with Crippen molar-refractivity contribution < 1.29 is 8.94 Å². The van der Waals surface area contributed by atoms with E-state index in [-0.39, 0.29) is 5.95 Å². The molecule has 0 unspecified atom stereocenters. The minimum Gasteiger partial charge on any atom is -0.463 e. The Morgan fingerprint density at radius 2 is 2.07 bits per heavy atom. The lowest BCUT2D eigenvalue weighted by molar-refractivity contribution is 0.432. The van der Waals surface area contributed by atoms with Gasteiger partial charge in [-0.25, -0.2) is 0 Å². The monoisotopic (exact) mass is 201 g/mol. The molecule has 1 aromatic carbocycles. The molecule has 74 valence electrons. The molecule has 2 heterocycles. The lowest BCUT2D eigenvalue weighted by Crippen LogP contribution is -1.85. The van der Waals surface area contributed by atoms with Crippen molar-refractivity contribution in [3.8, 4) is 11.5 Å². The summed E-state index contributed by atoms with van der Waals surface area (Å²) >= 11 is 0. The number of rotatable bonds is 1. The van der Waals surface area contributed by atoms with Gasteiger partial charge in [-0.15, -0.1) is 0 Å². The third-order valence-electron chi connectivity index (χ3n) is 2.15. The topological polar surface area (TPSA) is 78.1 Å².